The van der Waals surface area contributed by atoms with Gasteiger partial charge in [0.1, 0.15) is 5.75 Å². The highest BCUT2D eigenvalue weighted by molar-refractivity contribution is 6.31. The molecule has 0 spiro atoms. The van der Waals surface area contributed by atoms with Crippen LogP contribution in [0.5, 0.6) is 5.75 Å². The molecule has 5 heteroatoms. The van der Waals surface area contributed by atoms with E-state index < -0.39 is 0 Å². The highest BCUT2D eigenvalue weighted by atomic mass is 35.5. The molecule has 0 bridgehead atoms. The van der Waals surface area contributed by atoms with Gasteiger partial charge in [-0.15, -0.1) is 0 Å². The molecule has 0 aliphatic carbocycles. The van der Waals surface area contributed by atoms with Crippen molar-refractivity contribution in [3.05, 3.63) is 77.8 Å². The minimum atomic E-state index is 0.503. The van der Waals surface area contributed by atoms with E-state index in [9.17, 15) is 0 Å². The van der Waals surface area contributed by atoms with E-state index in [-0.39, 0.29) is 0 Å². The summed E-state index contributed by atoms with van der Waals surface area (Å²) in [5.41, 5.74) is 3.46. The van der Waals surface area contributed by atoms with Gasteiger partial charge in [0.15, 0.2) is 0 Å². The van der Waals surface area contributed by atoms with Crippen molar-refractivity contribution in [1.29, 1.82) is 0 Å². The minimum absolute atomic E-state index is 0.503. The third kappa shape index (κ3) is 3.19. The number of benzene rings is 3. The second-order valence-corrected chi connectivity index (χ2v) is 6.19. The predicted molar refractivity (Wildman–Crippen MR) is 106 cm³/mol. The molecule has 1 heterocycles. The van der Waals surface area contributed by atoms with Crippen molar-refractivity contribution in [1.82, 2.24) is 9.97 Å². The number of aromatic nitrogens is 2. The highest BCUT2D eigenvalue weighted by Gasteiger charge is 2.12. The van der Waals surface area contributed by atoms with E-state index in [0.717, 1.165) is 33.6 Å². The lowest BCUT2D eigenvalue weighted by Crippen LogP contribution is -2.01. The van der Waals surface area contributed by atoms with Crippen LogP contribution >= 0.6 is 11.6 Å². The van der Waals surface area contributed by atoms with Crippen molar-refractivity contribution in [2.24, 2.45) is 0 Å². The molecular weight excluding hydrogens is 346 g/mol. The summed E-state index contributed by atoms with van der Waals surface area (Å²) in [6.45, 7) is 0. The zero-order valence-electron chi connectivity index (χ0n) is 14.1. The molecule has 0 fully saturated rings. The summed E-state index contributed by atoms with van der Waals surface area (Å²) in [4.78, 5) is 9.38. The Morgan fingerprint density at radius 2 is 1.65 bits per heavy atom. The van der Waals surface area contributed by atoms with E-state index in [1.165, 1.54) is 0 Å². The molecule has 4 rings (SSSR count). The number of halogens is 1. The molecule has 1 N–H and O–H groups in total. The summed E-state index contributed by atoms with van der Waals surface area (Å²) in [5.74, 6) is 1.23. The van der Waals surface area contributed by atoms with Crippen LogP contribution in [0.25, 0.3) is 22.2 Å². The average molecular weight is 362 g/mol. The number of hydrogen-bond acceptors (Lipinski definition) is 4. The molecule has 3 aromatic carbocycles. The predicted octanol–water partition coefficient (Wildman–Crippen LogP) is 5.70. The fraction of sp³-hybridized carbons (Fsp3) is 0.0476. The average Bonchev–Trinajstić information content (AvgIpc) is 2.69. The Morgan fingerprint density at radius 3 is 2.46 bits per heavy atom. The van der Waals surface area contributed by atoms with Crippen molar-refractivity contribution in [2.75, 3.05) is 12.4 Å². The van der Waals surface area contributed by atoms with Gasteiger partial charge in [-0.3, -0.25) is 0 Å². The van der Waals surface area contributed by atoms with Crippen molar-refractivity contribution in [3.8, 4) is 17.0 Å². The zero-order valence-corrected chi connectivity index (χ0v) is 14.9. The molecule has 0 aliphatic heterocycles. The summed E-state index contributed by atoms with van der Waals surface area (Å²) >= 11 is 6.20. The number of anilines is 2. The van der Waals surface area contributed by atoms with Gasteiger partial charge in [0.05, 0.1) is 24.0 Å². The second kappa shape index (κ2) is 7.02. The molecule has 26 heavy (non-hydrogen) atoms. The van der Waals surface area contributed by atoms with Crippen LogP contribution in [0.4, 0.5) is 11.6 Å². The lowest BCUT2D eigenvalue weighted by atomic mass is 10.1. The number of fused-ring (bicyclic) bond motifs is 1. The number of ether oxygens (including phenoxy) is 1. The van der Waals surface area contributed by atoms with E-state index in [2.05, 4.69) is 10.3 Å². The van der Waals surface area contributed by atoms with Crippen LogP contribution in [0.3, 0.4) is 0 Å². The molecule has 0 unspecified atom stereocenters. The normalized spacial score (nSPS) is 10.7. The van der Waals surface area contributed by atoms with Crippen LogP contribution < -0.4 is 10.1 Å². The summed E-state index contributed by atoms with van der Waals surface area (Å²) in [6.07, 6.45) is 0. The number of nitrogens with one attached hydrogen (secondary N) is 1. The number of para-hydroxylation sites is 2. The van der Waals surface area contributed by atoms with E-state index in [0.29, 0.717) is 11.0 Å². The van der Waals surface area contributed by atoms with Gasteiger partial charge in [-0.05, 0) is 30.3 Å². The van der Waals surface area contributed by atoms with Gasteiger partial charge in [-0.1, -0.05) is 54.1 Å². The minimum Gasteiger partial charge on any atom is -0.495 e. The quantitative estimate of drug-likeness (QED) is 0.506. The third-order valence-corrected chi connectivity index (χ3v) is 4.29. The van der Waals surface area contributed by atoms with Crippen LogP contribution in [0.1, 0.15) is 0 Å². The van der Waals surface area contributed by atoms with Crippen LogP contribution in [0.15, 0.2) is 72.8 Å². The van der Waals surface area contributed by atoms with Crippen molar-refractivity contribution in [2.45, 2.75) is 0 Å². The SMILES string of the molecule is COc1ccccc1Nc1nc(-c2ccccc2)c2cc(Cl)ccc2n1. The molecule has 0 saturated heterocycles. The first-order valence-corrected chi connectivity index (χ1v) is 8.55. The molecule has 0 atom stereocenters. The molecule has 0 saturated carbocycles. The maximum absolute atomic E-state index is 6.20. The van der Waals surface area contributed by atoms with E-state index in [4.69, 9.17) is 21.3 Å². The third-order valence-electron chi connectivity index (χ3n) is 4.06. The molecule has 0 amide bonds. The van der Waals surface area contributed by atoms with Crippen LogP contribution in [-0.2, 0) is 0 Å². The maximum Gasteiger partial charge on any atom is 0.228 e. The molecule has 4 aromatic rings. The van der Waals surface area contributed by atoms with Gasteiger partial charge in [0.25, 0.3) is 0 Å². The van der Waals surface area contributed by atoms with Crippen LogP contribution in [0, 0.1) is 0 Å². The largest absolute Gasteiger partial charge is 0.495 e. The van der Waals surface area contributed by atoms with Crippen molar-refractivity contribution >= 4 is 34.1 Å². The van der Waals surface area contributed by atoms with Gasteiger partial charge in [-0.25, -0.2) is 9.97 Å². The van der Waals surface area contributed by atoms with Gasteiger partial charge in [0, 0.05) is 16.0 Å². The first-order valence-electron chi connectivity index (χ1n) is 8.17. The Balaban J connectivity index is 1.88. The number of nitrogens with zero attached hydrogens (tertiary/aromatic N) is 2. The van der Waals surface area contributed by atoms with Crippen LogP contribution in [-0.4, -0.2) is 17.1 Å². The monoisotopic (exact) mass is 361 g/mol. The first kappa shape index (κ1) is 16.4. The number of rotatable bonds is 4. The maximum atomic E-state index is 6.20. The molecule has 4 nitrogen and oxygen atoms in total. The number of methoxy groups -OCH3 is 1. The van der Waals surface area contributed by atoms with Gasteiger partial charge in [-0.2, -0.15) is 0 Å². The standard InChI is InChI=1S/C21H16ClN3O/c1-26-19-10-6-5-9-18(19)24-21-23-17-12-11-15(22)13-16(17)20(25-21)14-7-3-2-4-8-14/h2-13H,1H3,(H,23,24,25). The van der Waals surface area contributed by atoms with E-state index in [1.807, 2.05) is 72.8 Å². The smallest absolute Gasteiger partial charge is 0.228 e. The summed E-state index contributed by atoms with van der Waals surface area (Å²) in [7, 11) is 1.64. The Bertz CT molecular complexity index is 1070. The van der Waals surface area contributed by atoms with Gasteiger partial charge >= 0.3 is 0 Å². The molecule has 1 aromatic heterocycles. The topological polar surface area (TPSA) is 47.0 Å². The van der Waals surface area contributed by atoms with Gasteiger partial charge < -0.3 is 10.1 Å². The van der Waals surface area contributed by atoms with E-state index in [1.54, 1.807) is 7.11 Å². The number of hydrogen-bond donors (Lipinski definition) is 1. The summed E-state index contributed by atoms with van der Waals surface area (Å²) < 4.78 is 5.40. The Hall–Kier alpha value is -3.11. The molecule has 128 valence electrons. The Morgan fingerprint density at radius 1 is 0.885 bits per heavy atom. The lowest BCUT2D eigenvalue weighted by molar-refractivity contribution is 0.417. The summed E-state index contributed by atoms with van der Waals surface area (Å²) in [6, 6.07) is 23.3. The lowest BCUT2D eigenvalue weighted by Gasteiger charge is -2.12. The fourth-order valence-corrected chi connectivity index (χ4v) is 3.01. The molecular formula is C21H16ClN3O. The van der Waals surface area contributed by atoms with E-state index >= 15 is 0 Å². The van der Waals surface area contributed by atoms with Crippen molar-refractivity contribution < 1.29 is 4.74 Å². The Labute approximate surface area is 156 Å². The highest BCUT2D eigenvalue weighted by Crippen LogP contribution is 2.31. The fourth-order valence-electron chi connectivity index (χ4n) is 2.84. The summed E-state index contributed by atoms with van der Waals surface area (Å²) in [5, 5.41) is 4.83. The molecule has 0 radical (unpaired) electrons. The zero-order chi connectivity index (χ0) is 17.9. The first-order chi connectivity index (χ1) is 12.7. The van der Waals surface area contributed by atoms with Crippen molar-refractivity contribution in [3.63, 3.8) is 0 Å². The second-order valence-electron chi connectivity index (χ2n) is 5.75. The van der Waals surface area contributed by atoms with Gasteiger partial charge in [0.2, 0.25) is 5.95 Å². The molecule has 0 aliphatic rings. The van der Waals surface area contributed by atoms with Crippen LogP contribution in [0.2, 0.25) is 5.02 Å². The Kier molecular flexibility index (Phi) is 4.42.